The number of hydrogen-bond donors (Lipinski definition) is 0. The van der Waals surface area contributed by atoms with Gasteiger partial charge in [0.25, 0.3) is 0 Å². The summed E-state index contributed by atoms with van der Waals surface area (Å²) in [7, 11) is 0. The number of rotatable bonds is 53. The molecule has 6 nitrogen and oxygen atoms in total. The summed E-state index contributed by atoms with van der Waals surface area (Å²) in [6.07, 6.45) is 68.1. The minimum Gasteiger partial charge on any atom is -0.462 e. The maximum absolute atomic E-state index is 12.9. The summed E-state index contributed by atoms with van der Waals surface area (Å²) in [6.45, 7) is 6.61. The van der Waals surface area contributed by atoms with Crippen molar-refractivity contribution in [2.24, 2.45) is 0 Å². The van der Waals surface area contributed by atoms with Crippen molar-refractivity contribution in [1.82, 2.24) is 0 Å². The minimum absolute atomic E-state index is 0.0797. The quantitative estimate of drug-likeness (QED) is 0.0199. The van der Waals surface area contributed by atoms with E-state index in [0.29, 0.717) is 19.3 Å². The van der Waals surface area contributed by atoms with E-state index >= 15 is 0 Å². The summed E-state index contributed by atoms with van der Waals surface area (Å²) in [5, 5.41) is 0. The Kier molecular flexibility index (Phi) is 53.8. The molecule has 0 heterocycles. The lowest BCUT2D eigenvalue weighted by atomic mass is 10.1. The van der Waals surface area contributed by atoms with Crippen LogP contribution in [0.3, 0.4) is 0 Å². The summed E-state index contributed by atoms with van der Waals surface area (Å²) in [6, 6.07) is 0. The molecule has 0 spiro atoms. The first kappa shape index (κ1) is 64.4. The minimum atomic E-state index is -0.782. The van der Waals surface area contributed by atoms with Gasteiger partial charge in [-0.1, -0.05) is 236 Å². The zero-order valence-electron chi connectivity index (χ0n) is 44.7. The average Bonchev–Trinajstić information content (AvgIpc) is 3.33. The van der Waals surface area contributed by atoms with Gasteiger partial charge in [-0.15, -0.1) is 0 Å². The third-order valence-corrected chi connectivity index (χ3v) is 12.8. The summed E-state index contributed by atoms with van der Waals surface area (Å²) in [5.41, 5.74) is 0. The van der Waals surface area contributed by atoms with Crippen LogP contribution in [0, 0.1) is 0 Å². The van der Waals surface area contributed by atoms with Gasteiger partial charge in [0.15, 0.2) is 6.10 Å². The number of carbonyl (C=O) groups is 3. The van der Waals surface area contributed by atoms with Crippen LogP contribution in [0.1, 0.15) is 303 Å². The Morgan fingerprint density at radius 3 is 0.881 bits per heavy atom. The molecule has 0 aromatic rings. The maximum atomic E-state index is 12.9. The van der Waals surface area contributed by atoms with Crippen LogP contribution in [0.2, 0.25) is 0 Å². The van der Waals surface area contributed by atoms with Crippen molar-refractivity contribution < 1.29 is 28.6 Å². The van der Waals surface area contributed by atoms with Gasteiger partial charge in [0, 0.05) is 19.3 Å². The number of ether oxygens (including phenoxy) is 3. The van der Waals surface area contributed by atoms with Crippen molar-refractivity contribution in [3.8, 4) is 0 Å². The van der Waals surface area contributed by atoms with Crippen LogP contribution in [0.5, 0.6) is 0 Å². The molecule has 6 heteroatoms. The van der Waals surface area contributed by atoms with Crippen molar-refractivity contribution in [2.75, 3.05) is 13.2 Å². The molecule has 0 aromatic carbocycles. The molecule has 1 atom stereocenters. The molecule has 0 radical (unpaired) electrons. The van der Waals surface area contributed by atoms with Crippen molar-refractivity contribution >= 4 is 17.9 Å². The second kappa shape index (κ2) is 56.0. The van der Waals surface area contributed by atoms with Gasteiger partial charge in [-0.3, -0.25) is 14.4 Å². The van der Waals surface area contributed by atoms with E-state index in [9.17, 15) is 14.4 Å². The molecule has 0 saturated heterocycles. The standard InChI is InChI=1S/C61H110O6/c1-4-7-10-13-16-19-22-25-27-29-30-32-33-36-39-42-45-48-51-54-60(63)66-57-58(56-65-59(62)53-50-47-44-41-38-35-24-21-18-15-12-9-6-3)67-61(64)55-52-49-46-43-40-37-34-31-28-26-23-20-17-14-11-8-5-2/h16,19,22,25-26,28,35,38,58H,4-15,17-18,20-21,23-24,27,29-34,36-37,39-57H2,1-3H3/b19-16-,25-22-,28-26-,38-35-. The Bertz CT molecular complexity index is 1170. The molecule has 0 aromatic heterocycles. The first-order valence-electron chi connectivity index (χ1n) is 29.2. The lowest BCUT2D eigenvalue weighted by Gasteiger charge is -2.18. The predicted octanol–water partition coefficient (Wildman–Crippen LogP) is 19.4. The fourth-order valence-corrected chi connectivity index (χ4v) is 8.36. The maximum Gasteiger partial charge on any atom is 0.306 e. The van der Waals surface area contributed by atoms with Crippen LogP contribution >= 0.6 is 0 Å². The van der Waals surface area contributed by atoms with Gasteiger partial charge in [-0.2, -0.15) is 0 Å². The first-order chi connectivity index (χ1) is 33.0. The van der Waals surface area contributed by atoms with Crippen LogP contribution < -0.4 is 0 Å². The van der Waals surface area contributed by atoms with Crippen molar-refractivity contribution in [1.29, 1.82) is 0 Å². The second-order valence-corrected chi connectivity index (χ2v) is 19.6. The highest BCUT2D eigenvalue weighted by molar-refractivity contribution is 5.71. The Morgan fingerprint density at radius 2 is 0.537 bits per heavy atom. The average molecular weight is 940 g/mol. The number of unbranched alkanes of at least 4 members (excludes halogenated alkanes) is 35. The topological polar surface area (TPSA) is 78.9 Å². The zero-order chi connectivity index (χ0) is 48.6. The highest BCUT2D eigenvalue weighted by atomic mass is 16.6. The van der Waals surface area contributed by atoms with E-state index in [1.165, 1.54) is 193 Å². The molecule has 0 amide bonds. The SMILES string of the molecule is CCCCC/C=C\C=C/CCCCCCCCCCCCC(=O)OCC(COC(=O)CCCCC/C=C\CCCCCCCC)OC(=O)CCCCCCCCC/C=C\CCCCCCCC. The van der Waals surface area contributed by atoms with Crippen LogP contribution in [0.4, 0.5) is 0 Å². The Morgan fingerprint density at radius 1 is 0.299 bits per heavy atom. The van der Waals surface area contributed by atoms with Crippen molar-refractivity contribution in [3.05, 3.63) is 48.6 Å². The van der Waals surface area contributed by atoms with E-state index in [-0.39, 0.29) is 31.1 Å². The molecule has 0 fully saturated rings. The molecule has 0 aliphatic heterocycles. The molecule has 0 rings (SSSR count). The first-order valence-corrected chi connectivity index (χ1v) is 29.2. The number of allylic oxidation sites excluding steroid dienone is 8. The molecular weight excluding hydrogens is 829 g/mol. The van der Waals surface area contributed by atoms with Crippen molar-refractivity contribution in [2.45, 2.75) is 309 Å². The largest absolute Gasteiger partial charge is 0.462 e. The molecule has 0 aliphatic carbocycles. The molecule has 0 aliphatic rings. The summed E-state index contributed by atoms with van der Waals surface area (Å²) >= 11 is 0. The van der Waals surface area contributed by atoms with Gasteiger partial charge >= 0.3 is 17.9 Å². The molecule has 390 valence electrons. The van der Waals surface area contributed by atoms with Gasteiger partial charge in [0.2, 0.25) is 0 Å². The van der Waals surface area contributed by atoms with E-state index < -0.39 is 6.10 Å². The van der Waals surface area contributed by atoms with Crippen LogP contribution in [-0.4, -0.2) is 37.2 Å². The van der Waals surface area contributed by atoms with E-state index in [1.807, 2.05) is 0 Å². The molecule has 0 bridgehead atoms. The molecule has 0 N–H and O–H groups in total. The molecular formula is C61H110O6. The number of carbonyl (C=O) groups excluding carboxylic acids is 3. The van der Waals surface area contributed by atoms with Gasteiger partial charge in [0.05, 0.1) is 0 Å². The second-order valence-electron chi connectivity index (χ2n) is 19.6. The lowest BCUT2D eigenvalue weighted by Crippen LogP contribution is -2.30. The highest BCUT2D eigenvalue weighted by Crippen LogP contribution is 2.16. The zero-order valence-corrected chi connectivity index (χ0v) is 44.7. The number of hydrogen-bond acceptors (Lipinski definition) is 6. The van der Waals surface area contributed by atoms with Gasteiger partial charge in [-0.25, -0.2) is 0 Å². The third-order valence-electron chi connectivity index (χ3n) is 12.8. The van der Waals surface area contributed by atoms with E-state index in [0.717, 1.165) is 70.6 Å². The lowest BCUT2D eigenvalue weighted by molar-refractivity contribution is -0.167. The Hall–Kier alpha value is -2.63. The van der Waals surface area contributed by atoms with Crippen LogP contribution in [-0.2, 0) is 28.6 Å². The Labute approximate surface area is 416 Å². The van der Waals surface area contributed by atoms with Crippen molar-refractivity contribution in [3.63, 3.8) is 0 Å². The van der Waals surface area contributed by atoms with Crippen LogP contribution in [0.15, 0.2) is 48.6 Å². The molecule has 67 heavy (non-hydrogen) atoms. The normalized spacial score (nSPS) is 12.3. The number of esters is 3. The summed E-state index contributed by atoms with van der Waals surface area (Å²) < 4.78 is 16.9. The third kappa shape index (κ3) is 54.2. The van der Waals surface area contributed by atoms with Gasteiger partial charge in [-0.05, 0) is 96.3 Å². The molecule has 0 saturated carbocycles. The Balaban J connectivity index is 4.36. The fourth-order valence-electron chi connectivity index (χ4n) is 8.36. The van der Waals surface area contributed by atoms with E-state index in [2.05, 4.69) is 69.4 Å². The summed E-state index contributed by atoms with van der Waals surface area (Å²) in [5.74, 6) is -0.891. The monoisotopic (exact) mass is 939 g/mol. The molecule has 1 unspecified atom stereocenters. The highest BCUT2D eigenvalue weighted by Gasteiger charge is 2.19. The van der Waals surface area contributed by atoms with Gasteiger partial charge < -0.3 is 14.2 Å². The smallest absolute Gasteiger partial charge is 0.306 e. The van der Waals surface area contributed by atoms with E-state index in [4.69, 9.17) is 14.2 Å². The fraction of sp³-hybridized carbons (Fsp3) is 0.820. The van der Waals surface area contributed by atoms with Crippen LogP contribution in [0.25, 0.3) is 0 Å². The predicted molar refractivity (Wildman–Crippen MR) is 289 cm³/mol. The summed E-state index contributed by atoms with van der Waals surface area (Å²) in [4.78, 5) is 38.1. The van der Waals surface area contributed by atoms with E-state index in [1.54, 1.807) is 0 Å². The van der Waals surface area contributed by atoms with Gasteiger partial charge in [0.1, 0.15) is 13.2 Å².